The lowest BCUT2D eigenvalue weighted by atomic mass is 9.94. The minimum absolute atomic E-state index is 0.0163. The molecule has 5 rings (SSSR count). The second-order valence-electron chi connectivity index (χ2n) is 9.89. The number of halogens is 10. The van der Waals surface area contributed by atoms with Crippen LogP contribution >= 0.6 is 34.8 Å². The summed E-state index contributed by atoms with van der Waals surface area (Å²) in [4.78, 5) is 19.1. The van der Waals surface area contributed by atoms with E-state index in [1.165, 1.54) is 29.6 Å². The van der Waals surface area contributed by atoms with Gasteiger partial charge in [-0.15, -0.1) is 0 Å². The van der Waals surface area contributed by atoms with Crippen molar-refractivity contribution in [2.45, 2.75) is 55.5 Å². The molecule has 1 aliphatic heterocycles. The fraction of sp³-hybridized carbons (Fsp3) is 0.385. The Balaban J connectivity index is 1.48. The number of nitrogens with zero attached hydrogens (tertiary/aromatic N) is 5. The van der Waals surface area contributed by atoms with Gasteiger partial charge in [0, 0.05) is 48.2 Å². The SMILES string of the molecule is N#CC(C1CCO1)N(C(=O)c1cc(-c2cnn(-c3c(Cl)cc(C(F)(C(F)(F)F)C(F)(F)F)cc3Cl)c2)cnc1Cl)C1CC1. The van der Waals surface area contributed by atoms with Crippen molar-refractivity contribution in [1.29, 1.82) is 5.26 Å². The highest BCUT2D eigenvalue weighted by Gasteiger charge is 2.73. The summed E-state index contributed by atoms with van der Waals surface area (Å²) in [6, 6.07) is 2.89. The molecular formula is C26H17Cl3F7N5O2. The number of nitriles is 1. The monoisotopic (exact) mass is 669 g/mol. The molecule has 3 heterocycles. The van der Waals surface area contributed by atoms with E-state index in [9.17, 15) is 40.8 Å². The molecule has 0 spiro atoms. The number of aromatic nitrogens is 3. The van der Waals surface area contributed by atoms with E-state index in [-0.39, 0.29) is 40.1 Å². The Morgan fingerprint density at radius 1 is 1.00 bits per heavy atom. The van der Waals surface area contributed by atoms with Crippen molar-refractivity contribution in [1.82, 2.24) is 19.7 Å². The Bertz CT molecular complexity index is 1580. The summed E-state index contributed by atoms with van der Waals surface area (Å²) in [5.41, 5.74) is -7.37. The van der Waals surface area contributed by atoms with Crippen LogP contribution in [0.5, 0.6) is 0 Å². The number of pyridine rings is 1. The standard InChI is InChI=1S/C26H17Cl3F7N5O2/c27-17-6-14(24(30,25(31,32)33)26(34,35)36)7-18(28)21(17)40-11-13(10-39-40)12-5-16(22(29)38-9-12)23(42)41(15-1-2-15)19(8-37)20-3-4-43-20/h5-7,9-11,15,19-20H,1-4H2. The highest BCUT2D eigenvalue weighted by atomic mass is 35.5. The van der Waals surface area contributed by atoms with Gasteiger partial charge in [0.2, 0.25) is 0 Å². The Morgan fingerprint density at radius 2 is 1.60 bits per heavy atom. The summed E-state index contributed by atoms with van der Waals surface area (Å²) in [5, 5.41) is 12.1. The minimum Gasteiger partial charge on any atom is -0.375 e. The van der Waals surface area contributed by atoms with Crippen molar-refractivity contribution in [3.8, 4) is 22.9 Å². The molecule has 2 unspecified atom stereocenters. The van der Waals surface area contributed by atoms with E-state index in [0.717, 1.165) is 4.68 Å². The fourth-order valence-corrected chi connectivity index (χ4v) is 5.50. The maximum Gasteiger partial charge on any atom is 0.435 e. The first kappa shape index (κ1) is 31.3. The average Bonchev–Trinajstić information content (AvgIpc) is 3.60. The van der Waals surface area contributed by atoms with Crippen LogP contribution in [0.1, 0.15) is 35.2 Å². The molecule has 0 radical (unpaired) electrons. The van der Waals surface area contributed by atoms with E-state index in [4.69, 9.17) is 39.5 Å². The van der Waals surface area contributed by atoms with E-state index >= 15 is 0 Å². The van der Waals surface area contributed by atoms with Gasteiger partial charge in [0.25, 0.3) is 5.91 Å². The Hall–Kier alpha value is -3.12. The zero-order chi connectivity index (χ0) is 31.5. The van der Waals surface area contributed by atoms with E-state index < -0.39 is 51.7 Å². The van der Waals surface area contributed by atoms with Gasteiger partial charge in [0.15, 0.2) is 0 Å². The molecule has 17 heteroatoms. The van der Waals surface area contributed by atoms with Crippen LogP contribution in [0, 0.1) is 11.3 Å². The second kappa shape index (κ2) is 11.1. The summed E-state index contributed by atoms with van der Waals surface area (Å²) >= 11 is 18.3. The normalized spacial score (nSPS) is 18.1. The van der Waals surface area contributed by atoms with E-state index in [2.05, 4.69) is 16.2 Å². The average molecular weight is 671 g/mol. The number of amides is 1. The van der Waals surface area contributed by atoms with Crippen LogP contribution in [-0.4, -0.2) is 62.7 Å². The van der Waals surface area contributed by atoms with Crippen LogP contribution in [0.3, 0.4) is 0 Å². The van der Waals surface area contributed by atoms with Crippen LogP contribution in [0.4, 0.5) is 30.7 Å². The number of hydrogen-bond donors (Lipinski definition) is 0. The largest absolute Gasteiger partial charge is 0.435 e. The summed E-state index contributed by atoms with van der Waals surface area (Å²) in [5.74, 6) is -0.540. The summed E-state index contributed by atoms with van der Waals surface area (Å²) in [6.45, 7) is 0.480. The lowest BCUT2D eigenvalue weighted by molar-refractivity contribution is -0.348. The lowest BCUT2D eigenvalue weighted by Crippen LogP contribution is -2.52. The van der Waals surface area contributed by atoms with Crippen LogP contribution in [0.25, 0.3) is 16.8 Å². The van der Waals surface area contributed by atoms with Crippen LogP contribution < -0.4 is 0 Å². The van der Waals surface area contributed by atoms with Gasteiger partial charge in [-0.05, 0) is 31.0 Å². The van der Waals surface area contributed by atoms with Crippen molar-refractivity contribution < 1.29 is 40.3 Å². The molecule has 228 valence electrons. The zero-order valence-corrected chi connectivity index (χ0v) is 23.6. The molecule has 3 aromatic rings. The second-order valence-corrected chi connectivity index (χ2v) is 11.1. The molecule has 0 N–H and O–H groups in total. The molecule has 2 aliphatic rings. The first-order valence-electron chi connectivity index (χ1n) is 12.4. The van der Waals surface area contributed by atoms with Crippen molar-refractivity contribution in [2.75, 3.05) is 6.61 Å². The Labute approximate surface area is 253 Å². The number of carbonyl (C=O) groups excluding carboxylic acids is 1. The third kappa shape index (κ3) is 5.52. The number of rotatable bonds is 7. The zero-order valence-electron chi connectivity index (χ0n) is 21.4. The molecule has 1 aliphatic carbocycles. The minimum atomic E-state index is -6.36. The first-order chi connectivity index (χ1) is 20.1. The highest BCUT2D eigenvalue weighted by molar-refractivity contribution is 6.38. The van der Waals surface area contributed by atoms with Crippen molar-refractivity contribution in [2.24, 2.45) is 0 Å². The van der Waals surface area contributed by atoms with Gasteiger partial charge >= 0.3 is 18.0 Å². The van der Waals surface area contributed by atoms with Gasteiger partial charge in [-0.25, -0.2) is 14.1 Å². The summed E-state index contributed by atoms with van der Waals surface area (Å²) in [7, 11) is 0. The summed E-state index contributed by atoms with van der Waals surface area (Å²) in [6.07, 6.45) is -7.33. The molecule has 1 saturated carbocycles. The third-order valence-corrected chi connectivity index (χ3v) is 7.98. The molecule has 2 aromatic heterocycles. The summed E-state index contributed by atoms with van der Waals surface area (Å²) < 4.78 is 100. The molecule has 43 heavy (non-hydrogen) atoms. The van der Waals surface area contributed by atoms with Crippen molar-refractivity contribution in [3.05, 3.63) is 63.1 Å². The first-order valence-corrected chi connectivity index (χ1v) is 13.6. The molecular weight excluding hydrogens is 654 g/mol. The predicted molar refractivity (Wildman–Crippen MR) is 140 cm³/mol. The number of ether oxygens (including phenoxy) is 1. The van der Waals surface area contributed by atoms with E-state index in [1.807, 2.05) is 0 Å². The maximum absolute atomic E-state index is 14.6. The molecule has 1 saturated heterocycles. The molecule has 2 atom stereocenters. The maximum atomic E-state index is 14.6. The van der Waals surface area contributed by atoms with Crippen LogP contribution in [0.15, 0.2) is 36.8 Å². The number of alkyl halides is 7. The number of benzene rings is 1. The smallest absolute Gasteiger partial charge is 0.375 e. The highest BCUT2D eigenvalue weighted by Crippen LogP contribution is 2.54. The van der Waals surface area contributed by atoms with Gasteiger partial charge in [0.1, 0.15) is 16.9 Å². The molecule has 1 amide bonds. The van der Waals surface area contributed by atoms with Crippen molar-refractivity contribution in [3.63, 3.8) is 0 Å². The quantitative estimate of drug-likeness (QED) is 0.192. The van der Waals surface area contributed by atoms with Crippen LogP contribution in [0.2, 0.25) is 15.2 Å². The van der Waals surface area contributed by atoms with E-state index in [0.29, 0.717) is 31.4 Å². The number of hydrogen-bond acceptors (Lipinski definition) is 5. The third-order valence-electron chi connectivity index (χ3n) is 7.10. The fourth-order valence-electron chi connectivity index (χ4n) is 4.66. The van der Waals surface area contributed by atoms with Crippen molar-refractivity contribution >= 4 is 40.7 Å². The number of carbonyl (C=O) groups is 1. The van der Waals surface area contributed by atoms with E-state index in [1.54, 1.807) is 0 Å². The molecule has 7 nitrogen and oxygen atoms in total. The Kier molecular flexibility index (Phi) is 8.09. The van der Waals surface area contributed by atoms with Gasteiger partial charge < -0.3 is 9.64 Å². The molecule has 1 aromatic carbocycles. The predicted octanol–water partition coefficient (Wildman–Crippen LogP) is 7.47. The van der Waals surface area contributed by atoms with Gasteiger partial charge in [-0.1, -0.05) is 34.8 Å². The lowest BCUT2D eigenvalue weighted by Gasteiger charge is -2.37. The van der Waals surface area contributed by atoms with Crippen LogP contribution in [-0.2, 0) is 10.4 Å². The van der Waals surface area contributed by atoms with Gasteiger partial charge in [-0.3, -0.25) is 4.79 Å². The Morgan fingerprint density at radius 3 is 2.09 bits per heavy atom. The van der Waals surface area contributed by atoms with Gasteiger partial charge in [-0.2, -0.15) is 36.7 Å². The molecule has 0 bridgehead atoms. The topological polar surface area (TPSA) is 84.0 Å². The molecule has 2 fully saturated rings. The van der Waals surface area contributed by atoms with Gasteiger partial charge in [0.05, 0.1) is 34.0 Å².